The summed E-state index contributed by atoms with van der Waals surface area (Å²) in [4.78, 5) is 29.2. The summed E-state index contributed by atoms with van der Waals surface area (Å²) in [6.45, 7) is -0.0194. The Balaban J connectivity index is 1.67. The summed E-state index contributed by atoms with van der Waals surface area (Å²) in [5.74, 6) is -0.439. The normalized spacial score (nSPS) is 10.6. The number of benzene rings is 2. The molecule has 0 saturated heterocycles. The van der Waals surface area contributed by atoms with Crippen LogP contribution in [0.25, 0.3) is 10.9 Å². The highest BCUT2D eigenvalue weighted by molar-refractivity contribution is 9.10. The molecule has 0 aliphatic carbocycles. The fraction of sp³-hybridized carbons (Fsp3) is 0.111. The van der Waals surface area contributed by atoms with Gasteiger partial charge in [-0.1, -0.05) is 34.1 Å². The largest absolute Gasteiger partial charge is 0.360 e. The molecule has 1 aromatic heterocycles. The number of nitrogens with zero attached hydrogens (tertiary/aromatic N) is 1. The van der Waals surface area contributed by atoms with Gasteiger partial charge in [0.15, 0.2) is 0 Å². The minimum Gasteiger partial charge on any atom is -0.360 e. The van der Waals surface area contributed by atoms with E-state index in [4.69, 9.17) is 0 Å². The van der Waals surface area contributed by atoms with E-state index in [1.807, 2.05) is 36.4 Å². The molecule has 24 heavy (non-hydrogen) atoms. The third-order valence-corrected chi connectivity index (χ3v) is 4.20. The third kappa shape index (κ3) is 3.49. The highest BCUT2D eigenvalue weighted by Crippen LogP contribution is 2.19. The standard InChI is InChI=1S/C18H16BrN3O2/c1-22(11-17(23)21-13-8-6-12(19)7-9-13)18(24)15-10-20-16-5-3-2-4-14(15)16/h2-10,20H,11H2,1H3,(H,21,23). The summed E-state index contributed by atoms with van der Waals surface area (Å²) < 4.78 is 0.937. The van der Waals surface area contributed by atoms with E-state index < -0.39 is 0 Å². The van der Waals surface area contributed by atoms with Crippen molar-refractivity contribution in [3.05, 3.63) is 64.8 Å². The molecule has 0 bridgehead atoms. The fourth-order valence-corrected chi connectivity index (χ4v) is 2.74. The zero-order valence-corrected chi connectivity index (χ0v) is 14.6. The van der Waals surface area contributed by atoms with Crippen LogP contribution in [0.2, 0.25) is 0 Å². The van der Waals surface area contributed by atoms with E-state index in [-0.39, 0.29) is 18.4 Å². The van der Waals surface area contributed by atoms with Gasteiger partial charge in [-0.05, 0) is 30.3 Å². The molecular formula is C18H16BrN3O2. The average molecular weight is 386 g/mol. The van der Waals surface area contributed by atoms with E-state index in [9.17, 15) is 9.59 Å². The first-order chi connectivity index (χ1) is 11.5. The number of nitrogens with one attached hydrogen (secondary N) is 2. The maximum atomic E-state index is 12.6. The number of aromatic nitrogens is 1. The molecule has 0 fully saturated rings. The number of halogens is 1. The predicted molar refractivity (Wildman–Crippen MR) is 98.0 cm³/mol. The Kier molecular flexibility index (Phi) is 4.66. The molecular weight excluding hydrogens is 370 g/mol. The van der Waals surface area contributed by atoms with Gasteiger partial charge in [-0.2, -0.15) is 0 Å². The molecule has 3 rings (SSSR count). The molecule has 0 spiro atoms. The lowest BCUT2D eigenvalue weighted by Crippen LogP contribution is -2.34. The molecule has 5 nitrogen and oxygen atoms in total. The molecule has 0 aliphatic heterocycles. The quantitative estimate of drug-likeness (QED) is 0.719. The molecule has 6 heteroatoms. The van der Waals surface area contributed by atoms with E-state index >= 15 is 0 Å². The van der Waals surface area contributed by atoms with E-state index in [2.05, 4.69) is 26.2 Å². The SMILES string of the molecule is CN(CC(=O)Nc1ccc(Br)cc1)C(=O)c1c[nH]c2ccccc12. The van der Waals surface area contributed by atoms with Crippen LogP contribution in [-0.2, 0) is 4.79 Å². The maximum absolute atomic E-state index is 12.6. The van der Waals surface area contributed by atoms with Gasteiger partial charge in [0, 0.05) is 34.3 Å². The van der Waals surface area contributed by atoms with Gasteiger partial charge in [0.05, 0.1) is 12.1 Å². The lowest BCUT2D eigenvalue weighted by atomic mass is 10.1. The molecule has 2 aromatic carbocycles. The van der Waals surface area contributed by atoms with Crippen LogP contribution in [0, 0.1) is 0 Å². The number of carbonyl (C=O) groups excluding carboxylic acids is 2. The Morgan fingerprint density at radius 2 is 1.83 bits per heavy atom. The van der Waals surface area contributed by atoms with Crippen molar-refractivity contribution < 1.29 is 9.59 Å². The molecule has 0 unspecified atom stereocenters. The Morgan fingerprint density at radius 1 is 1.12 bits per heavy atom. The number of para-hydroxylation sites is 1. The van der Waals surface area contributed by atoms with Crippen molar-refractivity contribution in [1.82, 2.24) is 9.88 Å². The van der Waals surface area contributed by atoms with E-state index in [0.29, 0.717) is 11.3 Å². The molecule has 0 atom stereocenters. The second-order valence-corrected chi connectivity index (χ2v) is 6.38. The Bertz CT molecular complexity index is 887. The maximum Gasteiger partial charge on any atom is 0.256 e. The first-order valence-electron chi connectivity index (χ1n) is 7.41. The van der Waals surface area contributed by atoms with Crippen LogP contribution in [0.1, 0.15) is 10.4 Å². The van der Waals surface area contributed by atoms with Gasteiger partial charge in [-0.3, -0.25) is 9.59 Å². The van der Waals surface area contributed by atoms with Crippen molar-refractivity contribution in [2.45, 2.75) is 0 Å². The van der Waals surface area contributed by atoms with Gasteiger partial charge >= 0.3 is 0 Å². The minimum absolute atomic E-state index is 0.0194. The molecule has 0 saturated carbocycles. The Labute approximate surface area is 147 Å². The molecule has 2 N–H and O–H groups in total. The topological polar surface area (TPSA) is 65.2 Å². The van der Waals surface area contributed by atoms with Crippen LogP contribution in [0.5, 0.6) is 0 Å². The number of hydrogen-bond donors (Lipinski definition) is 2. The zero-order chi connectivity index (χ0) is 17.1. The minimum atomic E-state index is -0.243. The summed E-state index contributed by atoms with van der Waals surface area (Å²) >= 11 is 3.34. The lowest BCUT2D eigenvalue weighted by Gasteiger charge is -2.16. The van der Waals surface area contributed by atoms with Crippen LogP contribution >= 0.6 is 15.9 Å². The van der Waals surface area contributed by atoms with Gasteiger partial charge in [0.25, 0.3) is 5.91 Å². The first-order valence-corrected chi connectivity index (χ1v) is 8.21. The number of amides is 2. The Hall–Kier alpha value is -2.60. The summed E-state index contributed by atoms with van der Waals surface area (Å²) in [5, 5.41) is 3.63. The van der Waals surface area contributed by atoms with Gasteiger partial charge in [0.2, 0.25) is 5.91 Å². The molecule has 1 heterocycles. The predicted octanol–water partition coefficient (Wildman–Crippen LogP) is 3.64. The molecule has 3 aromatic rings. The highest BCUT2D eigenvalue weighted by Gasteiger charge is 2.18. The number of carbonyl (C=O) groups is 2. The lowest BCUT2D eigenvalue weighted by molar-refractivity contribution is -0.116. The number of rotatable bonds is 4. The number of H-pyrrole nitrogens is 1. The summed E-state index contributed by atoms with van der Waals surface area (Å²) in [5.41, 5.74) is 2.15. The van der Waals surface area contributed by atoms with Crippen molar-refractivity contribution in [3.63, 3.8) is 0 Å². The van der Waals surface area contributed by atoms with Crippen LogP contribution in [0.15, 0.2) is 59.2 Å². The van der Waals surface area contributed by atoms with E-state index in [0.717, 1.165) is 15.4 Å². The number of anilines is 1. The van der Waals surface area contributed by atoms with Crippen molar-refractivity contribution in [1.29, 1.82) is 0 Å². The number of fused-ring (bicyclic) bond motifs is 1. The van der Waals surface area contributed by atoms with Crippen LogP contribution < -0.4 is 5.32 Å². The van der Waals surface area contributed by atoms with Crippen molar-refractivity contribution in [2.24, 2.45) is 0 Å². The van der Waals surface area contributed by atoms with Gasteiger partial charge in [-0.15, -0.1) is 0 Å². The number of aromatic amines is 1. The van der Waals surface area contributed by atoms with Gasteiger partial charge < -0.3 is 15.2 Å². The molecule has 2 amide bonds. The van der Waals surface area contributed by atoms with Crippen molar-refractivity contribution in [3.8, 4) is 0 Å². The van der Waals surface area contributed by atoms with E-state index in [1.54, 1.807) is 25.4 Å². The fourth-order valence-electron chi connectivity index (χ4n) is 2.48. The number of hydrogen-bond acceptors (Lipinski definition) is 2. The molecule has 0 aliphatic rings. The van der Waals surface area contributed by atoms with Crippen molar-refractivity contribution in [2.75, 3.05) is 18.9 Å². The van der Waals surface area contributed by atoms with Crippen molar-refractivity contribution >= 4 is 44.3 Å². The second-order valence-electron chi connectivity index (χ2n) is 5.46. The summed E-state index contributed by atoms with van der Waals surface area (Å²) in [6.07, 6.45) is 1.68. The van der Waals surface area contributed by atoms with Gasteiger partial charge in [-0.25, -0.2) is 0 Å². The van der Waals surface area contributed by atoms with Crippen LogP contribution in [-0.4, -0.2) is 35.3 Å². The average Bonchev–Trinajstić information content (AvgIpc) is 3.00. The number of likely N-dealkylation sites (N-methyl/N-ethyl adjacent to an activating group) is 1. The molecule has 122 valence electrons. The second kappa shape index (κ2) is 6.88. The monoisotopic (exact) mass is 385 g/mol. The zero-order valence-electron chi connectivity index (χ0n) is 13.0. The third-order valence-electron chi connectivity index (χ3n) is 3.68. The summed E-state index contributed by atoms with van der Waals surface area (Å²) in [7, 11) is 1.62. The smallest absolute Gasteiger partial charge is 0.256 e. The van der Waals surface area contributed by atoms with Crippen LogP contribution in [0.3, 0.4) is 0 Å². The Morgan fingerprint density at radius 3 is 2.58 bits per heavy atom. The molecule has 0 radical (unpaired) electrons. The van der Waals surface area contributed by atoms with Gasteiger partial charge in [0.1, 0.15) is 0 Å². The van der Waals surface area contributed by atoms with Crippen LogP contribution in [0.4, 0.5) is 5.69 Å². The highest BCUT2D eigenvalue weighted by atomic mass is 79.9. The first kappa shape index (κ1) is 16.3. The summed E-state index contributed by atoms with van der Waals surface area (Å²) in [6, 6.07) is 14.9. The van der Waals surface area contributed by atoms with E-state index in [1.165, 1.54) is 4.90 Å².